The van der Waals surface area contributed by atoms with Gasteiger partial charge in [-0.25, -0.2) is 9.37 Å². The molecule has 1 heterocycles. The molecule has 0 saturated heterocycles. The van der Waals surface area contributed by atoms with Crippen LogP contribution in [0.5, 0.6) is 5.75 Å². The van der Waals surface area contributed by atoms with Crippen molar-refractivity contribution in [3.05, 3.63) is 46.2 Å². The molecular weight excluding hydrogens is 241 g/mol. The summed E-state index contributed by atoms with van der Waals surface area (Å²) in [5.41, 5.74) is 0.270. The van der Waals surface area contributed by atoms with Crippen molar-refractivity contribution >= 4 is 11.3 Å². The van der Waals surface area contributed by atoms with E-state index in [0.717, 1.165) is 5.01 Å². The minimum absolute atomic E-state index is 0.270. The number of thiazole rings is 1. The summed E-state index contributed by atoms with van der Waals surface area (Å²) in [6.07, 6.45) is 0.878. The van der Waals surface area contributed by atoms with Gasteiger partial charge in [0.15, 0.2) is 0 Å². The SMILES string of the molecule is CC(O)c1ccc(OCc2nccs2)cc1F. The second-order valence-corrected chi connectivity index (χ2v) is 4.55. The molecule has 90 valence electrons. The maximum atomic E-state index is 13.5. The number of ether oxygens (including phenoxy) is 1. The Hall–Kier alpha value is -1.46. The molecule has 1 aromatic heterocycles. The minimum atomic E-state index is -0.817. The zero-order valence-electron chi connectivity index (χ0n) is 9.26. The lowest BCUT2D eigenvalue weighted by Gasteiger charge is -2.09. The van der Waals surface area contributed by atoms with Crippen LogP contribution >= 0.6 is 11.3 Å². The number of hydrogen-bond donors (Lipinski definition) is 1. The summed E-state index contributed by atoms with van der Waals surface area (Å²) in [6, 6.07) is 4.44. The Morgan fingerprint density at radius 3 is 2.94 bits per heavy atom. The largest absolute Gasteiger partial charge is 0.486 e. The fourth-order valence-corrected chi connectivity index (χ4v) is 1.93. The third-order valence-electron chi connectivity index (χ3n) is 2.27. The van der Waals surface area contributed by atoms with E-state index in [4.69, 9.17) is 4.74 Å². The molecule has 5 heteroatoms. The monoisotopic (exact) mass is 253 g/mol. The molecule has 3 nitrogen and oxygen atoms in total. The zero-order chi connectivity index (χ0) is 12.3. The Morgan fingerprint density at radius 2 is 2.35 bits per heavy atom. The van der Waals surface area contributed by atoms with Crippen molar-refractivity contribution < 1.29 is 14.2 Å². The average molecular weight is 253 g/mol. The molecule has 0 aliphatic rings. The van der Waals surface area contributed by atoms with Gasteiger partial charge in [-0.15, -0.1) is 11.3 Å². The molecule has 0 bridgehead atoms. The summed E-state index contributed by atoms with van der Waals surface area (Å²) in [4.78, 5) is 4.06. The molecule has 0 aliphatic heterocycles. The Kier molecular flexibility index (Phi) is 3.71. The minimum Gasteiger partial charge on any atom is -0.486 e. The molecule has 0 saturated carbocycles. The molecule has 1 N–H and O–H groups in total. The van der Waals surface area contributed by atoms with Crippen LogP contribution in [0.15, 0.2) is 29.8 Å². The second-order valence-electron chi connectivity index (χ2n) is 3.57. The number of hydrogen-bond acceptors (Lipinski definition) is 4. The molecule has 17 heavy (non-hydrogen) atoms. The van der Waals surface area contributed by atoms with Crippen LogP contribution in [0.4, 0.5) is 4.39 Å². The first-order valence-electron chi connectivity index (χ1n) is 5.15. The molecular formula is C12H12FNO2S. The fraction of sp³-hybridized carbons (Fsp3) is 0.250. The molecule has 0 aliphatic carbocycles. The van der Waals surface area contributed by atoms with Gasteiger partial charge < -0.3 is 9.84 Å². The molecule has 0 radical (unpaired) electrons. The summed E-state index contributed by atoms with van der Waals surface area (Å²) in [6.45, 7) is 1.85. The highest BCUT2D eigenvalue weighted by Crippen LogP contribution is 2.22. The third kappa shape index (κ3) is 3.01. The Balaban J connectivity index is 2.05. The first kappa shape index (κ1) is 12.0. The van der Waals surface area contributed by atoms with Gasteiger partial charge in [-0.1, -0.05) is 0 Å². The normalized spacial score (nSPS) is 12.4. The van der Waals surface area contributed by atoms with Gasteiger partial charge in [0.05, 0.1) is 6.10 Å². The lowest BCUT2D eigenvalue weighted by molar-refractivity contribution is 0.194. The van der Waals surface area contributed by atoms with Crippen molar-refractivity contribution in [3.63, 3.8) is 0 Å². The molecule has 1 aromatic carbocycles. The number of nitrogens with zero attached hydrogens (tertiary/aromatic N) is 1. The maximum Gasteiger partial charge on any atom is 0.140 e. The van der Waals surface area contributed by atoms with Crippen LogP contribution in [0.1, 0.15) is 23.6 Å². The van der Waals surface area contributed by atoms with Gasteiger partial charge in [0, 0.05) is 23.2 Å². The highest BCUT2D eigenvalue weighted by atomic mass is 32.1. The topological polar surface area (TPSA) is 42.4 Å². The van der Waals surface area contributed by atoms with E-state index in [1.807, 2.05) is 5.38 Å². The van der Waals surface area contributed by atoms with Crippen LogP contribution in [0, 0.1) is 5.82 Å². The zero-order valence-corrected chi connectivity index (χ0v) is 10.1. The molecule has 2 rings (SSSR count). The van der Waals surface area contributed by atoms with E-state index in [9.17, 15) is 9.50 Å². The predicted molar refractivity (Wildman–Crippen MR) is 63.5 cm³/mol. The lowest BCUT2D eigenvalue weighted by atomic mass is 10.1. The second kappa shape index (κ2) is 5.25. The van der Waals surface area contributed by atoms with Crippen molar-refractivity contribution in [2.24, 2.45) is 0 Å². The van der Waals surface area contributed by atoms with E-state index in [1.165, 1.54) is 30.4 Å². The molecule has 1 atom stereocenters. The molecule has 0 spiro atoms. The standard InChI is InChI=1S/C12H12FNO2S/c1-8(15)10-3-2-9(6-11(10)13)16-7-12-14-4-5-17-12/h2-6,8,15H,7H2,1H3. The lowest BCUT2D eigenvalue weighted by Crippen LogP contribution is -1.98. The van der Waals surface area contributed by atoms with Crippen LogP contribution < -0.4 is 4.74 Å². The summed E-state index contributed by atoms with van der Waals surface area (Å²) < 4.78 is 18.9. The van der Waals surface area contributed by atoms with E-state index in [2.05, 4.69) is 4.98 Å². The fourth-order valence-electron chi connectivity index (χ4n) is 1.41. The van der Waals surface area contributed by atoms with E-state index in [0.29, 0.717) is 12.4 Å². The van der Waals surface area contributed by atoms with Gasteiger partial charge in [0.1, 0.15) is 23.2 Å². The van der Waals surface area contributed by atoms with Crippen LogP contribution in [-0.4, -0.2) is 10.1 Å². The van der Waals surface area contributed by atoms with Crippen LogP contribution in [0.2, 0.25) is 0 Å². The molecule has 1 unspecified atom stereocenters. The van der Waals surface area contributed by atoms with Crippen LogP contribution in [-0.2, 0) is 6.61 Å². The Bertz CT molecular complexity index is 485. The Labute approximate surface area is 103 Å². The number of benzene rings is 1. The number of aromatic nitrogens is 1. The van der Waals surface area contributed by atoms with Gasteiger partial charge in [-0.2, -0.15) is 0 Å². The van der Waals surface area contributed by atoms with Gasteiger partial charge in [-0.05, 0) is 19.1 Å². The number of aliphatic hydroxyl groups excluding tert-OH is 1. The van der Waals surface area contributed by atoms with E-state index in [1.54, 1.807) is 12.3 Å². The van der Waals surface area contributed by atoms with Crippen molar-refractivity contribution in [3.8, 4) is 5.75 Å². The van der Waals surface area contributed by atoms with E-state index < -0.39 is 11.9 Å². The van der Waals surface area contributed by atoms with E-state index >= 15 is 0 Å². The highest BCUT2D eigenvalue weighted by molar-refractivity contribution is 7.09. The van der Waals surface area contributed by atoms with Gasteiger partial charge >= 0.3 is 0 Å². The molecule has 0 amide bonds. The number of halogens is 1. The summed E-state index contributed by atoms with van der Waals surface area (Å²) >= 11 is 1.48. The van der Waals surface area contributed by atoms with Crippen molar-refractivity contribution in [1.82, 2.24) is 4.98 Å². The van der Waals surface area contributed by atoms with Gasteiger partial charge in [0.25, 0.3) is 0 Å². The highest BCUT2D eigenvalue weighted by Gasteiger charge is 2.09. The quantitative estimate of drug-likeness (QED) is 0.911. The molecule has 0 fully saturated rings. The van der Waals surface area contributed by atoms with Gasteiger partial charge in [0.2, 0.25) is 0 Å². The smallest absolute Gasteiger partial charge is 0.140 e. The molecule has 2 aromatic rings. The van der Waals surface area contributed by atoms with E-state index in [-0.39, 0.29) is 5.56 Å². The average Bonchev–Trinajstić information content (AvgIpc) is 2.78. The predicted octanol–water partition coefficient (Wildman–Crippen LogP) is 2.91. The Morgan fingerprint density at radius 1 is 1.53 bits per heavy atom. The third-order valence-corrected chi connectivity index (χ3v) is 3.02. The summed E-state index contributed by atoms with van der Waals surface area (Å²) in [7, 11) is 0. The summed E-state index contributed by atoms with van der Waals surface area (Å²) in [5, 5.41) is 12.0. The van der Waals surface area contributed by atoms with Crippen molar-refractivity contribution in [1.29, 1.82) is 0 Å². The van der Waals surface area contributed by atoms with Crippen molar-refractivity contribution in [2.75, 3.05) is 0 Å². The van der Waals surface area contributed by atoms with Crippen LogP contribution in [0.3, 0.4) is 0 Å². The first-order valence-corrected chi connectivity index (χ1v) is 6.03. The van der Waals surface area contributed by atoms with Gasteiger partial charge in [-0.3, -0.25) is 0 Å². The van der Waals surface area contributed by atoms with Crippen LogP contribution in [0.25, 0.3) is 0 Å². The first-order chi connectivity index (χ1) is 8.16. The number of rotatable bonds is 4. The maximum absolute atomic E-state index is 13.5. The van der Waals surface area contributed by atoms with Crippen molar-refractivity contribution in [2.45, 2.75) is 19.6 Å². The summed E-state index contributed by atoms with van der Waals surface area (Å²) in [5.74, 6) is -0.0289. The number of aliphatic hydroxyl groups is 1.